The summed E-state index contributed by atoms with van der Waals surface area (Å²) >= 11 is 0. The van der Waals surface area contributed by atoms with E-state index in [1.807, 2.05) is 36.5 Å². The number of hydrogen-bond acceptors (Lipinski definition) is 6. The van der Waals surface area contributed by atoms with Crippen molar-refractivity contribution in [2.45, 2.75) is 18.9 Å². The lowest BCUT2D eigenvalue weighted by Crippen LogP contribution is -2.24. The summed E-state index contributed by atoms with van der Waals surface area (Å²) in [5, 5.41) is 8.75. The number of carbonyl (C=O) groups is 1. The minimum absolute atomic E-state index is 0.140. The molecule has 7 heteroatoms. The number of rotatable bonds is 4. The quantitative estimate of drug-likeness (QED) is 0.546. The van der Waals surface area contributed by atoms with E-state index < -0.39 is 5.91 Å². The molecule has 1 aliphatic heterocycles. The molecular weight excluding hydrogens is 344 g/mol. The van der Waals surface area contributed by atoms with Crippen LogP contribution in [0, 0.1) is 0 Å². The molecule has 2 aromatic carbocycles. The van der Waals surface area contributed by atoms with Crippen molar-refractivity contribution in [3.8, 4) is 5.75 Å². The molecule has 0 spiro atoms. The zero-order valence-corrected chi connectivity index (χ0v) is 14.9. The highest BCUT2D eigenvalue weighted by atomic mass is 16.5. The Hall–Kier alpha value is -3.19. The number of benzene rings is 2. The Morgan fingerprint density at radius 1 is 1.22 bits per heavy atom. The van der Waals surface area contributed by atoms with Gasteiger partial charge in [0.2, 0.25) is 0 Å². The van der Waals surface area contributed by atoms with Gasteiger partial charge in [-0.1, -0.05) is 0 Å². The molecule has 1 saturated heterocycles. The molecule has 0 bridgehead atoms. The highest BCUT2D eigenvalue weighted by Crippen LogP contribution is 2.35. The number of fused-ring (bicyclic) bond motifs is 1. The highest BCUT2D eigenvalue weighted by Gasteiger charge is 2.28. The smallest absolute Gasteiger partial charge is 0.274 e. The summed E-state index contributed by atoms with van der Waals surface area (Å²) < 4.78 is 5.24. The lowest BCUT2D eigenvalue weighted by atomic mass is 10.1. The summed E-state index contributed by atoms with van der Waals surface area (Å²) in [5.41, 5.74) is 5.66. The standard InChI is InChI=1S/C20H20N4O3/c1-27-15-8-9-16-17(11-15)21-12-18(22-16)19-3-2-10-24(19)14-6-4-13(5-7-14)20(25)23-26/h4-9,11-12,19,26H,2-3,10H2,1H3,(H,23,25). The van der Waals surface area contributed by atoms with Gasteiger partial charge in [-0.15, -0.1) is 0 Å². The van der Waals surface area contributed by atoms with Crippen molar-refractivity contribution >= 4 is 22.6 Å². The Labute approximate surface area is 156 Å². The normalized spacial score (nSPS) is 16.5. The number of nitrogens with zero attached hydrogens (tertiary/aromatic N) is 3. The average Bonchev–Trinajstić information content (AvgIpc) is 3.22. The first-order valence-electron chi connectivity index (χ1n) is 8.81. The van der Waals surface area contributed by atoms with Gasteiger partial charge in [0.05, 0.1) is 36.1 Å². The van der Waals surface area contributed by atoms with E-state index in [4.69, 9.17) is 14.9 Å². The highest BCUT2D eigenvalue weighted by molar-refractivity contribution is 5.93. The molecule has 7 nitrogen and oxygen atoms in total. The van der Waals surface area contributed by atoms with Crippen LogP contribution in [0.5, 0.6) is 5.75 Å². The number of nitrogens with one attached hydrogen (secondary N) is 1. The van der Waals surface area contributed by atoms with Gasteiger partial charge in [0.1, 0.15) is 5.75 Å². The van der Waals surface area contributed by atoms with Crippen LogP contribution in [0.3, 0.4) is 0 Å². The van der Waals surface area contributed by atoms with Crippen LogP contribution in [0.2, 0.25) is 0 Å². The zero-order valence-electron chi connectivity index (χ0n) is 14.9. The van der Waals surface area contributed by atoms with E-state index in [1.54, 1.807) is 24.7 Å². The lowest BCUT2D eigenvalue weighted by Gasteiger charge is -2.26. The van der Waals surface area contributed by atoms with Crippen LogP contribution in [-0.2, 0) is 0 Å². The number of aromatic nitrogens is 2. The van der Waals surface area contributed by atoms with E-state index in [9.17, 15) is 4.79 Å². The second kappa shape index (κ2) is 7.20. The molecule has 138 valence electrons. The SMILES string of the molecule is COc1ccc2nc(C3CCCN3c3ccc(C(=O)NO)cc3)cnc2c1. The monoisotopic (exact) mass is 364 g/mol. The van der Waals surface area contributed by atoms with E-state index in [-0.39, 0.29) is 6.04 Å². The van der Waals surface area contributed by atoms with E-state index in [0.717, 1.165) is 47.6 Å². The zero-order chi connectivity index (χ0) is 18.8. The van der Waals surface area contributed by atoms with E-state index in [2.05, 4.69) is 9.88 Å². The summed E-state index contributed by atoms with van der Waals surface area (Å²) in [6.45, 7) is 0.915. The first-order valence-corrected chi connectivity index (χ1v) is 8.81. The third-order valence-electron chi connectivity index (χ3n) is 4.92. The second-order valence-corrected chi connectivity index (χ2v) is 6.49. The van der Waals surface area contributed by atoms with Crippen molar-refractivity contribution in [2.75, 3.05) is 18.6 Å². The number of amides is 1. The number of hydrogen-bond donors (Lipinski definition) is 2. The third-order valence-corrected chi connectivity index (χ3v) is 4.92. The molecule has 0 aliphatic carbocycles. The number of carbonyl (C=O) groups excluding carboxylic acids is 1. The molecule has 3 aromatic rings. The lowest BCUT2D eigenvalue weighted by molar-refractivity contribution is 0.0706. The number of hydroxylamine groups is 1. The molecule has 1 fully saturated rings. The fourth-order valence-electron chi connectivity index (χ4n) is 3.54. The molecule has 1 atom stereocenters. The minimum atomic E-state index is -0.518. The largest absolute Gasteiger partial charge is 0.497 e. The van der Waals surface area contributed by atoms with Crippen molar-refractivity contribution in [3.63, 3.8) is 0 Å². The van der Waals surface area contributed by atoms with Crippen molar-refractivity contribution in [2.24, 2.45) is 0 Å². The summed E-state index contributed by atoms with van der Waals surface area (Å²) in [5.74, 6) is 0.245. The predicted molar refractivity (Wildman–Crippen MR) is 101 cm³/mol. The van der Waals surface area contributed by atoms with Gasteiger partial charge in [0.25, 0.3) is 5.91 Å². The van der Waals surface area contributed by atoms with Gasteiger partial charge in [-0.05, 0) is 49.2 Å². The number of methoxy groups -OCH3 is 1. The molecule has 2 heterocycles. The van der Waals surface area contributed by atoms with Gasteiger partial charge in [-0.25, -0.2) is 10.5 Å². The summed E-state index contributed by atoms with van der Waals surface area (Å²) in [6.07, 6.45) is 3.89. The molecule has 2 N–H and O–H groups in total. The van der Waals surface area contributed by atoms with Crippen LogP contribution < -0.4 is 15.1 Å². The van der Waals surface area contributed by atoms with Crippen molar-refractivity contribution in [3.05, 3.63) is 59.9 Å². The van der Waals surface area contributed by atoms with Crippen LogP contribution >= 0.6 is 0 Å². The van der Waals surface area contributed by atoms with Crippen LogP contribution in [0.15, 0.2) is 48.7 Å². The van der Waals surface area contributed by atoms with Gasteiger partial charge in [0, 0.05) is 23.9 Å². The summed E-state index contributed by atoms with van der Waals surface area (Å²) in [6, 6.07) is 13.0. The van der Waals surface area contributed by atoms with Gasteiger partial charge in [-0.2, -0.15) is 0 Å². The van der Waals surface area contributed by atoms with E-state index in [1.165, 1.54) is 0 Å². The molecular formula is C20H20N4O3. The predicted octanol–water partition coefficient (Wildman–Crippen LogP) is 3.10. The Bertz CT molecular complexity index is 975. The Kier molecular flexibility index (Phi) is 4.60. The van der Waals surface area contributed by atoms with E-state index in [0.29, 0.717) is 5.56 Å². The van der Waals surface area contributed by atoms with Gasteiger partial charge in [-0.3, -0.25) is 15.0 Å². The van der Waals surface area contributed by atoms with Crippen molar-refractivity contribution in [1.82, 2.24) is 15.4 Å². The van der Waals surface area contributed by atoms with Gasteiger partial charge < -0.3 is 9.64 Å². The number of anilines is 1. The number of ether oxygens (including phenoxy) is 1. The van der Waals surface area contributed by atoms with Crippen molar-refractivity contribution in [1.29, 1.82) is 0 Å². The van der Waals surface area contributed by atoms with Crippen LogP contribution in [0.1, 0.15) is 34.9 Å². The summed E-state index contributed by atoms with van der Waals surface area (Å²) in [7, 11) is 1.63. The second-order valence-electron chi connectivity index (χ2n) is 6.49. The molecule has 0 radical (unpaired) electrons. The maximum Gasteiger partial charge on any atom is 0.274 e. The molecule has 0 saturated carbocycles. The minimum Gasteiger partial charge on any atom is -0.497 e. The molecule has 1 aromatic heterocycles. The maximum absolute atomic E-state index is 11.5. The molecule has 1 unspecified atom stereocenters. The first kappa shape index (κ1) is 17.2. The molecule has 1 amide bonds. The fourth-order valence-corrected chi connectivity index (χ4v) is 3.54. The summed E-state index contributed by atoms with van der Waals surface area (Å²) in [4.78, 5) is 23.1. The van der Waals surface area contributed by atoms with Gasteiger partial charge >= 0.3 is 0 Å². The van der Waals surface area contributed by atoms with Crippen LogP contribution in [0.4, 0.5) is 5.69 Å². The Balaban J connectivity index is 1.63. The van der Waals surface area contributed by atoms with Gasteiger partial charge in [0.15, 0.2) is 0 Å². The molecule has 1 aliphatic rings. The molecule has 4 rings (SSSR count). The Morgan fingerprint density at radius 2 is 2.04 bits per heavy atom. The maximum atomic E-state index is 11.5. The topological polar surface area (TPSA) is 87.6 Å². The Morgan fingerprint density at radius 3 is 2.78 bits per heavy atom. The third kappa shape index (κ3) is 3.29. The molecule has 27 heavy (non-hydrogen) atoms. The van der Waals surface area contributed by atoms with Crippen molar-refractivity contribution < 1.29 is 14.7 Å². The first-order chi connectivity index (χ1) is 13.2. The average molecular weight is 364 g/mol. The van der Waals surface area contributed by atoms with E-state index >= 15 is 0 Å². The van der Waals surface area contributed by atoms with Crippen LogP contribution in [0.25, 0.3) is 11.0 Å². The fraction of sp³-hybridized carbons (Fsp3) is 0.250. The van der Waals surface area contributed by atoms with Crippen LogP contribution in [-0.4, -0.2) is 34.7 Å².